The van der Waals surface area contributed by atoms with Crippen molar-refractivity contribution in [1.82, 2.24) is 9.38 Å². The molecule has 0 amide bonds. The number of hydrogen-bond acceptors (Lipinski definition) is 4. The highest BCUT2D eigenvalue weighted by atomic mass is 35.5. The fraction of sp³-hybridized carbons (Fsp3) is 0.0714. The Bertz CT molecular complexity index is 829. The zero-order valence-electron chi connectivity index (χ0n) is 10.3. The van der Waals surface area contributed by atoms with E-state index in [9.17, 15) is 0 Å². The van der Waals surface area contributed by atoms with Gasteiger partial charge in [-0.25, -0.2) is 4.98 Å². The van der Waals surface area contributed by atoms with Crippen LogP contribution in [0.2, 0.25) is 5.02 Å². The lowest BCUT2D eigenvalue weighted by atomic mass is 10.1. The number of pyridine rings is 1. The number of nitrogens with zero attached hydrogens (tertiary/aromatic N) is 2. The summed E-state index contributed by atoms with van der Waals surface area (Å²) in [5.74, 6) is 1.48. The van der Waals surface area contributed by atoms with Crippen molar-refractivity contribution in [2.75, 3.05) is 12.5 Å². The van der Waals surface area contributed by atoms with E-state index in [-0.39, 0.29) is 6.79 Å². The molecule has 3 heterocycles. The Morgan fingerprint density at radius 1 is 1.15 bits per heavy atom. The van der Waals surface area contributed by atoms with Crippen molar-refractivity contribution in [3.8, 4) is 22.8 Å². The van der Waals surface area contributed by atoms with Crippen molar-refractivity contribution in [1.29, 1.82) is 0 Å². The number of hydrogen-bond donors (Lipinski definition) is 1. The highest BCUT2D eigenvalue weighted by molar-refractivity contribution is 6.30. The van der Waals surface area contributed by atoms with Crippen molar-refractivity contribution < 1.29 is 9.47 Å². The number of ether oxygens (including phenoxy) is 2. The number of imidazole rings is 1. The molecular weight excluding hydrogens is 278 g/mol. The molecule has 0 atom stereocenters. The molecule has 2 aromatic heterocycles. The maximum atomic E-state index is 5.99. The summed E-state index contributed by atoms with van der Waals surface area (Å²) in [6.45, 7) is 0.256. The second kappa shape index (κ2) is 4.05. The quantitative estimate of drug-likeness (QED) is 0.747. The largest absolute Gasteiger partial charge is 0.454 e. The molecule has 6 heteroatoms. The maximum Gasteiger partial charge on any atom is 0.231 e. The van der Waals surface area contributed by atoms with Crippen molar-refractivity contribution in [2.45, 2.75) is 0 Å². The van der Waals surface area contributed by atoms with Crippen LogP contribution in [-0.4, -0.2) is 16.2 Å². The van der Waals surface area contributed by atoms with E-state index < -0.39 is 0 Å². The number of aromatic nitrogens is 2. The molecule has 0 fully saturated rings. The normalized spacial score (nSPS) is 13.1. The summed E-state index contributed by atoms with van der Waals surface area (Å²) in [6.07, 6.45) is 3.66. The molecule has 1 aromatic carbocycles. The second-order valence-corrected chi connectivity index (χ2v) is 4.98. The Morgan fingerprint density at radius 2 is 2.00 bits per heavy atom. The summed E-state index contributed by atoms with van der Waals surface area (Å²) in [5.41, 5.74) is 8.90. The minimum atomic E-state index is 0.256. The zero-order chi connectivity index (χ0) is 13.7. The molecule has 4 rings (SSSR count). The SMILES string of the molecule is Nc1cc(Cl)cn2cc(-c3ccc4c(c3)OCO4)nc12. The van der Waals surface area contributed by atoms with Crippen LogP contribution in [0.1, 0.15) is 0 Å². The van der Waals surface area contributed by atoms with Crippen LogP contribution in [0.4, 0.5) is 5.69 Å². The smallest absolute Gasteiger partial charge is 0.231 e. The Morgan fingerprint density at radius 3 is 2.90 bits per heavy atom. The van der Waals surface area contributed by atoms with Crippen LogP contribution in [0.5, 0.6) is 11.5 Å². The van der Waals surface area contributed by atoms with Crippen molar-refractivity contribution in [3.63, 3.8) is 0 Å². The van der Waals surface area contributed by atoms with Gasteiger partial charge in [-0.05, 0) is 24.3 Å². The second-order valence-electron chi connectivity index (χ2n) is 4.54. The summed E-state index contributed by atoms with van der Waals surface area (Å²) in [5, 5.41) is 0.574. The molecular formula is C14H10ClN3O2. The maximum absolute atomic E-state index is 5.99. The highest BCUT2D eigenvalue weighted by Gasteiger charge is 2.15. The highest BCUT2D eigenvalue weighted by Crippen LogP contribution is 2.36. The van der Waals surface area contributed by atoms with E-state index in [0.29, 0.717) is 16.4 Å². The summed E-state index contributed by atoms with van der Waals surface area (Å²) < 4.78 is 12.5. The van der Waals surface area contributed by atoms with Gasteiger partial charge in [-0.1, -0.05) is 11.6 Å². The van der Waals surface area contributed by atoms with Gasteiger partial charge in [0.2, 0.25) is 6.79 Å². The number of nitrogens with two attached hydrogens (primary N) is 1. The third-order valence-electron chi connectivity index (χ3n) is 3.21. The van der Waals surface area contributed by atoms with Gasteiger partial charge in [-0.3, -0.25) is 0 Å². The fourth-order valence-electron chi connectivity index (χ4n) is 2.28. The molecule has 0 unspecified atom stereocenters. The van der Waals surface area contributed by atoms with Gasteiger partial charge >= 0.3 is 0 Å². The number of nitrogen functional groups attached to an aromatic ring is 1. The van der Waals surface area contributed by atoms with Crippen LogP contribution in [0.25, 0.3) is 16.9 Å². The van der Waals surface area contributed by atoms with Crippen LogP contribution in [0.15, 0.2) is 36.7 Å². The minimum absolute atomic E-state index is 0.256. The summed E-state index contributed by atoms with van der Waals surface area (Å²) in [6, 6.07) is 7.40. The minimum Gasteiger partial charge on any atom is -0.454 e. The first-order valence-corrected chi connectivity index (χ1v) is 6.42. The van der Waals surface area contributed by atoms with Crippen LogP contribution in [0.3, 0.4) is 0 Å². The average molecular weight is 288 g/mol. The van der Waals surface area contributed by atoms with Crippen molar-refractivity contribution >= 4 is 22.9 Å². The molecule has 1 aliphatic rings. The van der Waals surface area contributed by atoms with Gasteiger partial charge in [0.15, 0.2) is 17.1 Å². The van der Waals surface area contributed by atoms with Crippen molar-refractivity contribution in [2.24, 2.45) is 0 Å². The average Bonchev–Trinajstić information content (AvgIpc) is 3.03. The van der Waals surface area contributed by atoms with Crippen LogP contribution < -0.4 is 15.2 Å². The van der Waals surface area contributed by atoms with Crippen LogP contribution in [0, 0.1) is 0 Å². The summed E-state index contributed by atoms with van der Waals surface area (Å²) in [4.78, 5) is 4.53. The Labute approximate surface area is 119 Å². The van der Waals surface area contributed by atoms with Crippen LogP contribution >= 0.6 is 11.6 Å². The Hall–Kier alpha value is -2.40. The Balaban J connectivity index is 1.88. The lowest BCUT2D eigenvalue weighted by molar-refractivity contribution is 0.174. The molecule has 1 aliphatic heterocycles. The number of halogens is 1. The molecule has 0 saturated carbocycles. The lowest BCUT2D eigenvalue weighted by Crippen LogP contribution is -1.92. The molecule has 0 saturated heterocycles. The molecule has 0 spiro atoms. The first-order chi connectivity index (χ1) is 9.70. The van der Waals surface area contributed by atoms with Crippen LogP contribution in [-0.2, 0) is 0 Å². The number of benzene rings is 1. The van der Waals surface area contributed by atoms with Gasteiger partial charge < -0.3 is 19.6 Å². The molecule has 20 heavy (non-hydrogen) atoms. The number of anilines is 1. The van der Waals surface area contributed by atoms with E-state index in [4.69, 9.17) is 26.8 Å². The first-order valence-electron chi connectivity index (χ1n) is 6.04. The van der Waals surface area contributed by atoms with E-state index >= 15 is 0 Å². The predicted molar refractivity (Wildman–Crippen MR) is 76.2 cm³/mol. The third-order valence-corrected chi connectivity index (χ3v) is 3.42. The van der Waals surface area contributed by atoms with E-state index in [0.717, 1.165) is 22.8 Å². The van der Waals surface area contributed by atoms with Gasteiger partial charge in [0, 0.05) is 18.0 Å². The zero-order valence-corrected chi connectivity index (χ0v) is 11.1. The standard InChI is InChI=1S/C14H10ClN3O2/c15-9-4-10(16)14-17-11(6-18(14)5-9)8-1-2-12-13(3-8)20-7-19-12/h1-6H,7,16H2. The first kappa shape index (κ1) is 11.4. The van der Waals surface area contributed by atoms with E-state index in [1.165, 1.54) is 0 Å². The summed E-state index contributed by atoms with van der Waals surface area (Å²) >= 11 is 5.99. The van der Waals surface area contributed by atoms with Gasteiger partial charge in [0.05, 0.1) is 16.4 Å². The van der Waals surface area contributed by atoms with Gasteiger partial charge in [-0.15, -0.1) is 0 Å². The number of rotatable bonds is 1. The van der Waals surface area contributed by atoms with Crippen molar-refractivity contribution in [3.05, 3.63) is 41.7 Å². The molecule has 5 nitrogen and oxygen atoms in total. The molecule has 3 aromatic rings. The predicted octanol–water partition coefficient (Wildman–Crippen LogP) is 2.97. The molecule has 0 bridgehead atoms. The molecule has 0 aliphatic carbocycles. The third kappa shape index (κ3) is 1.67. The Kier molecular flexibility index (Phi) is 2.31. The van der Waals surface area contributed by atoms with Gasteiger partial charge in [-0.2, -0.15) is 0 Å². The lowest BCUT2D eigenvalue weighted by Gasteiger charge is -1.98. The number of fused-ring (bicyclic) bond motifs is 2. The fourth-order valence-corrected chi connectivity index (χ4v) is 2.51. The van der Waals surface area contributed by atoms with E-state index in [1.807, 2.05) is 28.8 Å². The molecule has 0 radical (unpaired) electrons. The topological polar surface area (TPSA) is 61.8 Å². The summed E-state index contributed by atoms with van der Waals surface area (Å²) in [7, 11) is 0. The van der Waals surface area contributed by atoms with E-state index in [2.05, 4.69) is 4.98 Å². The van der Waals surface area contributed by atoms with Gasteiger partial charge in [0.1, 0.15) is 0 Å². The molecule has 2 N–H and O–H groups in total. The van der Waals surface area contributed by atoms with Gasteiger partial charge in [0.25, 0.3) is 0 Å². The van der Waals surface area contributed by atoms with E-state index in [1.54, 1.807) is 12.3 Å². The monoisotopic (exact) mass is 287 g/mol. The molecule has 100 valence electrons.